The Labute approximate surface area is 155 Å². The molecule has 0 aromatic carbocycles. The van der Waals surface area contributed by atoms with E-state index in [9.17, 15) is 24.5 Å². The third-order valence-corrected chi connectivity index (χ3v) is 4.49. The van der Waals surface area contributed by atoms with Crippen molar-refractivity contribution >= 4 is 17.0 Å². The Morgan fingerprint density at radius 2 is 2.04 bits per heavy atom. The summed E-state index contributed by atoms with van der Waals surface area (Å²) in [5, 5.41) is 29.3. The first-order valence-electron chi connectivity index (χ1n) is 8.22. The molecule has 1 fully saturated rings. The zero-order chi connectivity index (χ0) is 20.0. The molecule has 5 N–H and O–H groups in total. The van der Waals surface area contributed by atoms with Gasteiger partial charge in [-0.3, -0.25) is 4.57 Å². The number of nitrogens with zero attached hydrogens (tertiary/aromatic N) is 6. The topological polar surface area (TPSA) is 174 Å². The number of aliphatic hydroxyl groups is 3. The molecule has 13 heteroatoms. The first-order valence-corrected chi connectivity index (χ1v) is 8.22. The summed E-state index contributed by atoms with van der Waals surface area (Å²) in [4.78, 5) is 28.0. The second kappa shape index (κ2) is 6.87. The normalized spacial score (nSPS) is 27.9. The van der Waals surface area contributed by atoms with Crippen LogP contribution in [0.3, 0.4) is 0 Å². The fraction of sp³-hybridized carbons (Fsp3) is 0.400. The number of ether oxygens (including phenoxy) is 1. The minimum Gasteiger partial charge on any atom is -0.394 e. The van der Waals surface area contributed by atoms with Crippen molar-refractivity contribution in [2.24, 2.45) is 0 Å². The molecule has 0 spiro atoms. The first-order chi connectivity index (χ1) is 13.4. The van der Waals surface area contributed by atoms with Crippen molar-refractivity contribution in [2.45, 2.75) is 30.7 Å². The van der Waals surface area contributed by atoms with E-state index in [4.69, 9.17) is 10.5 Å². The predicted molar refractivity (Wildman–Crippen MR) is 91.0 cm³/mol. The van der Waals surface area contributed by atoms with E-state index in [1.54, 1.807) is 0 Å². The second-order valence-corrected chi connectivity index (χ2v) is 6.20. The molecular weight excluding hydrogens is 377 g/mol. The molecule has 1 aliphatic rings. The van der Waals surface area contributed by atoms with E-state index in [1.807, 2.05) is 0 Å². The number of fused-ring (bicyclic) bond motifs is 1. The summed E-state index contributed by atoms with van der Waals surface area (Å²) >= 11 is 0. The van der Waals surface area contributed by atoms with E-state index < -0.39 is 43.0 Å². The molecule has 1 saturated heterocycles. The molecule has 28 heavy (non-hydrogen) atoms. The lowest BCUT2D eigenvalue weighted by atomic mass is 9.99. The molecule has 3 aromatic heterocycles. The van der Waals surface area contributed by atoms with Crippen LogP contribution in [0.1, 0.15) is 6.23 Å². The number of aliphatic hydroxyl groups excluding tert-OH is 3. The molecule has 0 unspecified atom stereocenters. The Kier molecular flexibility index (Phi) is 4.50. The Morgan fingerprint density at radius 3 is 2.75 bits per heavy atom. The fourth-order valence-corrected chi connectivity index (χ4v) is 3.07. The lowest BCUT2D eigenvalue weighted by Gasteiger charge is -2.39. The highest BCUT2D eigenvalue weighted by Crippen LogP contribution is 2.32. The van der Waals surface area contributed by atoms with Crippen LogP contribution in [0.4, 0.5) is 10.2 Å². The minimum absolute atomic E-state index is 0.0402. The second-order valence-electron chi connectivity index (χ2n) is 6.20. The quantitative estimate of drug-likeness (QED) is 0.386. The van der Waals surface area contributed by atoms with Crippen LogP contribution in [0, 0.1) is 0 Å². The zero-order valence-electron chi connectivity index (χ0n) is 14.2. The molecule has 1 aliphatic heterocycles. The number of rotatable bonds is 3. The predicted octanol–water partition coefficient (Wildman–Crippen LogP) is -2.10. The Hall–Kier alpha value is -3.00. The van der Waals surface area contributed by atoms with Crippen molar-refractivity contribution in [3.8, 4) is 5.82 Å². The summed E-state index contributed by atoms with van der Waals surface area (Å²) in [7, 11) is 0. The summed E-state index contributed by atoms with van der Waals surface area (Å²) in [5.41, 5.74) is 5.10. The van der Waals surface area contributed by atoms with Crippen LogP contribution in [0.2, 0.25) is 0 Å². The highest BCUT2D eigenvalue weighted by molar-refractivity contribution is 5.78. The van der Waals surface area contributed by atoms with Crippen LogP contribution in [0.15, 0.2) is 29.7 Å². The van der Waals surface area contributed by atoms with E-state index in [0.29, 0.717) is 0 Å². The van der Waals surface area contributed by atoms with Crippen LogP contribution in [-0.2, 0) is 4.74 Å². The molecule has 12 nitrogen and oxygen atoms in total. The average molecular weight is 393 g/mol. The molecule has 4 rings (SSSR count). The lowest BCUT2D eigenvalue weighted by Crippen LogP contribution is -2.54. The van der Waals surface area contributed by atoms with Crippen LogP contribution >= 0.6 is 0 Å². The fourth-order valence-electron chi connectivity index (χ4n) is 3.07. The van der Waals surface area contributed by atoms with Gasteiger partial charge in [-0.1, -0.05) is 0 Å². The Bertz CT molecular complexity index is 1070. The number of nitrogens with two attached hydrogens (primary N) is 1. The summed E-state index contributed by atoms with van der Waals surface area (Å²) in [5.74, 6) is 0.139. The van der Waals surface area contributed by atoms with Gasteiger partial charge in [-0.25, -0.2) is 28.7 Å². The van der Waals surface area contributed by atoms with Gasteiger partial charge in [0.15, 0.2) is 29.4 Å². The highest BCUT2D eigenvalue weighted by atomic mass is 19.1. The summed E-state index contributed by atoms with van der Waals surface area (Å²) in [6.45, 7) is -0.649. The van der Waals surface area contributed by atoms with Crippen molar-refractivity contribution in [3.05, 3.63) is 35.4 Å². The number of hydrogen-bond donors (Lipinski definition) is 4. The van der Waals surface area contributed by atoms with E-state index in [0.717, 1.165) is 10.9 Å². The Balaban J connectivity index is 1.81. The van der Waals surface area contributed by atoms with Gasteiger partial charge in [0.2, 0.25) is 0 Å². The maximum Gasteiger partial charge on any atom is 0.355 e. The summed E-state index contributed by atoms with van der Waals surface area (Å²) in [6.07, 6.45) is -4.29. The number of anilines is 1. The number of imidazole rings is 1. The van der Waals surface area contributed by atoms with E-state index in [2.05, 4.69) is 19.9 Å². The van der Waals surface area contributed by atoms with Crippen molar-refractivity contribution in [2.75, 3.05) is 12.3 Å². The zero-order valence-corrected chi connectivity index (χ0v) is 14.2. The van der Waals surface area contributed by atoms with Gasteiger partial charge < -0.3 is 25.8 Å². The first kappa shape index (κ1) is 18.4. The molecule has 0 radical (unpaired) electrons. The van der Waals surface area contributed by atoms with Gasteiger partial charge in [0, 0.05) is 6.20 Å². The minimum atomic E-state index is -2.06. The van der Waals surface area contributed by atoms with Gasteiger partial charge in [0.05, 0.1) is 12.9 Å². The molecule has 3 aromatic rings. The third-order valence-electron chi connectivity index (χ3n) is 4.49. The maximum atomic E-state index is 14.3. The SMILES string of the molecule is Nc1ccn(-c2ncnc3c2ncn3[C@@H]2O[C@H](CO)[C@@H](O)[C@H](F)[C@H]2O)c(=O)n1. The van der Waals surface area contributed by atoms with Crippen LogP contribution in [0.25, 0.3) is 17.0 Å². The van der Waals surface area contributed by atoms with Crippen LogP contribution in [0.5, 0.6) is 0 Å². The van der Waals surface area contributed by atoms with Crippen molar-refractivity contribution < 1.29 is 24.4 Å². The highest BCUT2D eigenvalue weighted by Gasteiger charge is 2.46. The van der Waals surface area contributed by atoms with Crippen LogP contribution < -0.4 is 11.4 Å². The number of halogens is 1. The van der Waals surface area contributed by atoms with Gasteiger partial charge in [-0.15, -0.1) is 0 Å². The average Bonchev–Trinajstić information content (AvgIpc) is 3.11. The molecule has 0 bridgehead atoms. The molecule has 148 valence electrons. The molecule has 4 heterocycles. The summed E-state index contributed by atoms with van der Waals surface area (Å²) in [6, 6.07) is 1.40. The molecule has 0 aliphatic carbocycles. The van der Waals surface area contributed by atoms with Gasteiger partial charge >= 0.3 is 5.69 Å². The van der Waals surface area contributed by atoms with Gasteiger partial charge in [0.1, 0.15) is 30.5 Å². The van der Waals surface area contributed by atoms with E-state index >= 15 is 0 Å². The molecule has 5 atom stereocenters. The summed E-state index contributed by atoms with van der Waals surface area (Å²) < 4.78 is 22.0. The van der Waals surface area contributed by atoms with E-state index in [-0.39, 0.29) is 22.8 Å². The van der Waals surface area contributed by atoms with Crippen molar-refractivity contribution in [1.82, 2.24) is 29.1 Å². The van der Waals surface area contributed by atoms with E-state index in [1.165, 1.54) is 23.2 Å². The molecule has 0 saturated carbocycles. The Morgan fingerprint density at radius 1 is 1.25 bits per heavy atom. The lowest BCUT2D eigenvalue weighted by molar-refractivity contribution is -0.235. The van der Waals surface area contributed by atoms with Gasteiger partial charge in [-0.05, 0) is 6.07 Å². The van der Waals surface area contributed by atoms with Gasteiger partial charge in [-0.2, -0.15) is 4.98 Å². The van der Waals surface area contributed by atoms with Crippen LogP contribution in [-0.4, -0.2) is 75.5 Å². The molecular formula is C15H16FN7O5. The monoisotopic (exact) mass is 393 g/mol. The number of nitrogen functional groups attached to an aromatic ring is 1. The largest absolute Gasteiger partial charge is 0.394 e. The molecule has 0 amide bonds. The standard InChI is InChI=1S/C15H16FN7O5/c16-8-10(25)6(3-24)28-14(11(8)26)23-5-20-9-12(18-4-19-13(9)23)22-2-1-7(17)21-15(22)27/h1-2,4-6,8,10-11,14,24-26H,3H2,(H2,17,21,27)/t6-,8+,10-,11-,14-/m1/s1. The third kappa shape index (κ3) is 2.80. The number of alkyl halides is 1. The van der Waals surface area contributed by atoms with Crippen molar-refractivity contribution in [1.29, 1.82) is 0 Å². The number of aromatic nitrogens is 6. The van der Waals surface area contributed by atoms with Gasteiger partial charge in [0.25, 0.3) is 0 Å². The number of hydrogen-bond acceptors (Lipinski definition) is 10. The smallest absolute Gasteiger partial charge is 0.355 e. The maximum absolute atomic E-state index is 14.3. The van der Waals surface area contributed by atoms with Crippen molar-refractivity contribution in [3.63, 3.8) is 0 Å².